The van der Waals surface area contributed by atoms with Crippen molar-refractivity contribution in [2.45, 2.75) is 25.9 Å². The van der Waals surface area contributed by atoms with E-state index in [0.29, 0.717) is 13.1 Å². The van der Waals surface area contributed by atoms with Crippen LogP contribution in [0.1, 0.15) is 23.2 Å². The summed E-state index contributed by atoms with van der Waals surface area (Å²) in [7, 11) is 3.32. The summed E-state index contributed by atoms with van der Waals surface area (Å²) < 4.78 is 16.2. The number of methoxy groups -OCH3 is 2. The summed E-state index contributed by atoms with van der Waals surface area (Å²) in [5, 5.41) is 3.41. The van der Waals surface area contributed by atoms with Crippen LogP contribution in [0.2, 0.25) is 0 Å². The van der Waals surface area contributed by atoms with Crippen LogP contribution in [0.3, 0.4) is 0 Å². The van der Waals surface area contributed by atoms with Gasteiger partial charge >= 0.3 is 0 Å². The Kier molecular flexibility index (Phi) is 4.98. The number of hydrogen-bond donors (Lipinski definition) is 1. The van der Waals surface area contributed by atoms with Crippen molar-refractivity contribution in [1.82, 2.24) is 10.3 Å². The van der Waals surface area contributed by atoms with E-state index in [1.165, 1.54) is 5.56 Å². The number of nitrogens with one attached hydrogen (secondary N) is 1. The fourth-order valence-corrected chi connectivity index (χ4v) is 2.72. The third kappa shape index (κ3) is 3.74. The van der Waals surface area contributed by atoms with Crippen molar-refractivity contribution >= 4 is 0 Å². The normalized spacial score (nSPS) is 13.1. The molecule has 0 spiro atoms. The Bertz CT molecular complexity index is 673. The topological polar surface area (TPSA) is 52.6 Å². The largest absolute Gasteiger partial charge is 0.497 e. The van der Waals surface area contributed by atoms with Crippen LogP contribution in [0.5, 0.6) is 17.2 Å². The molecule has 0 unspecified atom stereocenters. The summed E-state index contributed by atoms with van der Waals surface area (Å²) in [5.41, 5.74) is 3.38. The number of fused-ring (bicyclic) bond motifs is 1. The summed E-state index contributed by atoms with van der Waals surface area (Å²) >= 11 is 0. The van der Waals surface area contributed by atoms with Crippen LogP contribution in [0.15, 0.2) is 30.5 Å². The van der Waals surface area contributed by atoms with Gasteiger partial charge in [0.1, 0.15) is 17.2 Å². The van der Waals surface area contributed by atoms with Crippen LogP contribution >= 0.6 is 0 Å². The van der Waals surface area contributed by atoms with Gasteiger partial charge in [-0.2, -0.15) is 0 Å². The number of ether oxygens (including phenoxy) is 3. The number of rotatable bonds is 6. The molecule has 122 valence electrons. The smallest absolute Gasteiger partial charge is 0.140 e. The maximum atomic E-state index is 5.59. The van der Waals surface area contributed by atoms with Crippen LogP contribution in [0.4, 0.5) is 0 Å². The van der Waals surface area contributed by atoms with Gasteiger partial charge in [0.15, 0.2) is 0 Å². The molecule has 0 aliphatic carbocycles. The summed E-state index contributed by atoms with van der Waals surface area (Å²) in [6.07, 6.45) is 3.98. The Morgan fingerprint density at radius 3 is 2.91 bits per heavy atom. The summed E-state index contributed by atoms with van der Waals surface area (Å²) in [5.74, 6) is 2.54. The number of nitrogens with zero attached hydrogens (tertiary/aromatic N) is 1. The third-order valence-corrected chi connectivity index (χ3v) is 3.97. The fourth-order valence-electron chi connectivity index (χ4n) is 2.72. The Balaban J connectivity index is 1.61. The molecule has 0 bridgehead atoms. The molecule has 1 aromatic carbocycles. The lowest BCUT2D eigenvalue weighted by atomic mass is 10.1. The van der Waals surface area contributed by atoms with Crippen molar-refractivity contribution in [3.8, 4) is 17.2 Å². The van der Waals surface area contributed by atoms with Crippen LogP contribution in [-0.4, -0.2) is 25.8 Å². The molecule has 5 nitrogen and oxygen atoms in total. The monoisotopic (exact) mass is 314 g/mol. The average molecular weight is 314 g/mol. The second kappa shape index (κ2) is 7.33. The number of benzene rings is 1. The van der Waals surface area contributed by atoms with Gasteiger partial charge in [-0.05, 0) is 30.5 Å². The highest BCUT2D eigenvalue weighted by Crippen LogP contribution is 2.25. The van der Waals surface area contributed by atoms with Crippen molar-refractivity contribution in [2.75, 3.05) is 20.8 Å². The molecule has 2 aromatic rings. The van der Waals surface area contributed by atoms with E-state index in [2.05, 4.69) is 16.4 Å². The van der Waals surface area contributed by atoms with E-state index in [0.717, 1.165) is 48.0 Å². The predicted octanol–water partition coefficient (Wildman–Crippen LogP) is 2.71. The molecule has 1 aromatic heterocycles. The van der Waals surface area contributed by atoms with Gasteiger partial charge in [-0.25, -0.2) is 0 Å². The molecule has 0 saturated heterocycles. The van der Waals surface area contributed by atoms with E-state index in [1.54, 1.807) is 14.2 Å². The molecular formula is C18H22N2O3. The molecule has 23 heavy (non-hydrogen) atoms. The average Bonchev–Trinajstić information content (AvgIpc) is 2.61. The van der Waals surface area contributed by atoms with E-state index >= 15 is 0 Å². The molecular weight excluding hydrogens is 292 g/mol. The SMILES string of the molecule is COc1ccc(CNCc2cc3c(cn2)OCCC3)c(OC)c1. The minimum Gasteiger partial charge on any atom is -0.497 e. The Labute approximate surface area is 136 Å². The number of hydrogen-bond acceptors (Lipinski definition) is 5. The Hall–Kier alpha value is -2.27. The molecule has 0 atom stereocenters. The molecule has 1 aliphatic rings. The first kappa shape index (κ1) is 15.6. The molecule has 1 aliphatic heterocycles. The van der Waals surface area contributed by atoms with Gasteiger partial charge in [-0.1, -0.05) is 6.07 Å². The molecule has 0 fully saturated rings. The van der Waals surface area contributed by atoms with Gasteiger partial charge in [-0.15, -0.1) is 0 Å². The minimum absolute atomic E-state index is 0.711. The first-order valence-corrected chi connectivity index (χ1v) is 7.82. The second-order valence-electron chi connectivity index (χ2n) is 5.52. The van der Waals surface area contributed by atoms with E-state index in [-0.39, 0.29) is 0 Å². The molecule has 0 amide bonds. The highest BCUT2D eigenvalue weighted by Gasteiger charge is 2.11. The maximum Gasteiger partial charge on any atom is 0.140 e. The Morgan fingerprint density at radius 2 is 2.09 bits per heavy atom. The van der Waals surface area contributed by atoms with E-state index in [9.17, 15) is 0 Å². The first-order chi connectivity index (χ1) is 11.3. The fraction of sp³-hybridized carbons (Fsp3) is 0.389. The minimum atomic E-state index is 0.711. The van der Waals surface area contributed by atoms with Gasteiger partial charge in [0, 0.05) is 24.7 Å². The van der Waals surface area contributed by atoms with E-state index in [1.807, 2.05) is 24.4 Å². The summed E-state index contributed by atoms with van der Waals surface area (Å²) in [4.78, 5) is 4.45. The lowest BCUT2D eigenvalue weighted by Gasteiger charge is -2.17. The zero-order valence-electron chi connectivity index (χ0n) is 13.6. The number of pyridine rings is 1. The molecule has 5 heteroatoms. The van der Waals surface area contributed by atoms with Gasteiger partial charge in [0.25, 0.3) is 0 Å². The number of aryl methyl sites for hydroxylation is 1. The molecule has 2 heterocycles. The Morgan fingerprint density at radius 1 is 1.17 bits per heavy atom. The molecule has 1 N–H and O–H groups in total. The van der Waals surface area contributed by atoms with Crippen molar-refractivity contribution in [3.63, 3.8) is 0 Å². The summed E-state index contributed by atoms with van der Waals surface area (Å²) in [6.45, 7) is 2.22. The van der Waals surface area contributed by atoms with Crippen LogP contribution in [0, 0.1) is 0 Å². The van der Waals surface area contributed by atoms with Gasteiger partial charge < -0.3 is 19.5 Å². The zero-order chi connectivity index (χ0) is 16.1. The molecule has 3 rings (SSSR count). The van der Waals surface area contributed by atoms with E-state index in [4.69, 9.17) is 14.2 Å². The third-order valence-electron chi connectivity index (χ3n) is 3.97. The second-order valence-corrected chi connectivity index (χ2v) is 5.52. The zero-order valence-corrected chi connectivity index (χ0v) is 13.6. The van der Waals surface area contributed by atoms with Crippen LogP contribution in [-0.2, 0) is 19.5 Å². The summed E-state index contributed by atoms with van der Waals surface area (Å²) in [6, 6.07) is 7.98. The first-order valence-electron chi connectivity index (χ1n) is 7.82. The van der Waals surface area contributed by atoms with Crippen molar-refractivity contribution in [2.24, 2.45) is 0 Å². The highest BCUT2D eigenvalue weighted by molar-refractivity contribution is 5.40. The van der Waals surface area contributed by atoms with Crippen molar-refractivity contribution < 1.29 is 14.2 Å². The molecule has 0 radical (unpaired) electrons. The molecule has 0 saturated carbocycles. The van der Waals surface area contributed by atoms with E-state index < -0.39 is 0 Å². The highest BCUT2D eigenvalue weighted by atomic mass is 16.5. The standard InChI is InChI=1S/C18H22N2O3/c1-21-16-6-5-14(17(9-16)22-2)10-19-11-15-8-13-4-3-7-23-18(13)12-20-15/h5-6,8-9,12,19H,3-4,7,10-11H2,1-2H3. The van der Waals surface area contributed by atoms with Crippen molar-refractivity contribution in [1.29, 1.82) is 0 Å². The lowest BCUT2D eigenvalue weighted by molar-refractivity contribution is 0.286. The van der Waals surface area contributed by atoms with Gasteiger partial charge in [0.05, 0.1) is 32.7 Å². The number of aromatic nitrogens is 1. The van der Waals surface area contributed by atoms with Gasteiger partial charge in [0.2, 0.25) is 0 Å². The van der Waals surface area contributed by atoms with Crippen LogP contribution < -0.4 is 19.5 Å². The van der Waals surface area contributed by atoms with Gasteiger partial charge in [-0.3, -0.25) is 4.98 Å². The van der Waals surface area contributed by atoms with Crippen molar-refractivity contribution in [3.05, 3.63) is 47.3 Å². The quantitative estimate of drug-likeness (QED) is 0.888. The van der Waals surface area contributed by atoms with Crippen LogP contribution in [0.25, 0.3) is 0 Å². The lowest BCUT2D eigenvalue weighted by Crippen LogP contribution is -2.16. The predicted molar refractivity (Wildman–Crippen MR) is 88.1 cm³/mol. The maximum absolute atomic E-state index is 5.59.